The van der Waals surface area contributed by atoms with Gasteiger partial charge in [-0.05, 0) is 48.0 Å². The van der Waals surface area contributed by atoms with Crippen molar-refractivity contribution >= 4 is 33.9 Å². The third kappa shape index (κ3) is 3.56. The monoisotopic (exact) mass is 395 g/mol. The van der Waals surface area contributed by atoms with Crippen molar-refractivity contribution in [1.29, 1.82) is 0 Å². The summed E-state index contributed by atoms with van der Waals surface area (Å²) in [5.74, 6) is -0.488. The number of hydrogen-bond donors (Lipinski definition) is 0. The van der Waals surface area contributed by atoms with E-state index in [-0.39, 0.29) is 11.6 Å². The highest BCUT2D eigenvalue weighted by atomic mass is 79.9. The first-order valence-corrected chi connectivity index (χ1v) is 7.58. The van der Waals surface area contributed by atoms with Crippen LogP contribution in [0.5, 0.6) is 0 Å². The Bertz CT molecular complexity index is 838. The highest BCUT2D eigenvalue weighted by Crippen LogP contribution is 2.29. The number of aliphatic imine (C=N–C) groups is 1. The molecular weight excluding hydrogens is 387 g/mol. The molecule has 3 nitrogen and oxygen atoms in total. The number of benzene rings is 2. The van der Waals surface area contributed by atoms with Crippen LogP contribution in [0.15, 0.2) is 63.7 Å². The standard InChI is InChI=1S/C17H9BrF3NO2/c18-13-7-3-11(4-8-13)15-22-14(16(23)24-15)9-10-1-5-12(6-2-10)17(19,20)21/h1-9H/b14-9-. The number of esters is 1. The number of halogens is 4. The minimum absolute atomic E-state index is 0.0349. The molecule has 0 fully saturated rings. The second kappa shape index (κ2) is 6.24. The Morgan fingerprint density at radius 2 is 1.62 bits per heavy atom. The summed E-state index contributed by atoms with van der Waals surface area (Å²) in [6.45, 7) is 0. The minimum atomic E-state index is -4.40. The van der Waals surface area contributed by atoms with Crippen molar-refractivity contribution < 1.29 is 22.7 Å². The SMILES string of the molecule is O=C1OC(c2ccc(Br)cc2)=N/C1=C\c1ccc(C(F)(F)F)cc1. The molecule has 0 aliphatic carbocycles. The fraction of sp³-hybridized carbons (Fsp3) is 0.0588. The van der Waals surface area contributed by atoms with Gasteiger partial charge in [-0.15, -0.1) is 0 Å². The molecule has 0 aromatic heterocycles. The Morgan fingerprint density at radius 1 is 1.00 bits per heavy atom. The number of carbonyl (C=O) groups excluding carboxylic acids is 1. The second-order valence-electron chi connectivity index (χ2n) is 4.96. The van der Waals surface area contributed by atoms with E-state index in [0.29, 0.717) is 11.1 Å². The lowest BCUT2D eigenvalue weighted by molar-refractivity contribution is -0.137. The maximum atomic E-state index is 12.5. The first-order chi connectivity index (χ1) is 11.3. The Balaban J connectivity index is 1.87. The molecule has 0 saturated carbocycles. The van der Waals surface area contributed by atoms with E-state index >= 15 is 0 Å². The number of hydrogen-bond acceptors (Lipinski definition) is 3. The van der Waals surface area contributed by atoms with E-state index in [1.54, 1.807) is 24.3 Å². The number of nitrogens with zero attached hydrogens (tertiary/aromatic N) is 1. The molecular formula is C17H9BrF3NO2. The zero-order chi connectivity index (χ0) is 17.3. The van der Waals surface area contributed by atoms with Gasteiger partial charge in [-0.25, -0.2) is 9.79 Å². The molecule has 2 aromatic rings. The van der Waals surface area contributed by atoms with Crippen molar-refractivity contribution in [3.8, 4) is 0 Å². The van der Waals surface area contributed by atoms with Gasteiger partial charge in [0.2, 0.25) is 5.90 Å². The average molecular weight is 396 g/mol. The number of carbonyl (C=O) groups is 1. The lowest BCUT2D eigenvalue weighted by Crippen LogP contribution is -2.05. The normalized spacial score (nSPS) is 16.2. The van der Waals surface area contributed by atoms with Crippen LogP contribution in [0, 0.1) is 0 Å². The fourth-order valence-corrected chi connectivity index (χ4v) is 2.32. The van der Waals surface area contributed by atoms with Crippen LogP contribution in [0.1, 0.15) is 16.7 Å². The lowest BCUT2D eigenvalue weighted by atomic mass is 10.1. The van der Waals surface area contributed by atoms with Gasteiger partial charge >= 0.3 is 12.1 Å². The molecule has 0 bridgehead atoms. The summed E-state index contributed by atoms with van der Waals surface area (Å²) in [6.07, 6.45) is -3.01. The van der Waals surface area contributed by atoms with E-state index in [9.17, 15) is 18.0 Å². The molecule has 1 aliphatic heterocycles. The van der Waals surface area contributed by atoms with Gasteiger partial charge in [0.25, 0.3) is 0 Å². The maximum absolute atomic E-state index is 12.5. The Labute approximate surface area is 143 Å². The topological polar surface area (TPSA) is 38.7 Å². The van der Waals surface area contributed by atoms with Crippen LogP contribution in [0.25, 0.3) is 6.08 Å². The second-order valence-corrected chi connectivity index (χ2v) is 5.88. The first kappa shape index (κ1) is 16.4. The summed E-state index contributed by atoms with van der Waals surface area (Å²) in [5, 5.41) is 0. The molecule has 0 spiro atoms. The molecule has 3 rings (SSSR count). The molecule has 122 valence electrons. The molecule has 0 atom stereocenters. The predicted octanol–water partition coefficient (Wildman–Crippen LogP) is 4.81. The van der Waals surface area contributed by atoms with Gasteiger partial charge in [0.1, 0.15) is 0 Å². The van der Waals surface area contributed by atoms with Crippen molar-refractivity contribution in [2.45, 2.75) is 6.18 Å². The van der Waals surface area contributed by atoms with Gasteiger partial charge in [0.15, 0.2) is 5.70 Å². The van der Waals surface area contributed by atoms with Crippen molar-refractivity contribution in [1.82, 2.24) is 0 Å². The Hall–Kier alpha value is -2.41. The van der Waals surface area contributed by atoms with Gasteiger partial charge in [-0.2, -0.15) is 13.2 Å². The van der Waals surface area contributed by atoms with Crippen LogP contribution in [0.4, 0.5) is 13.2 Å². The zero-order valence-corrected chi connectivity index (χ0v) is 13.6. The van der Waals surface area contributed by atoms with E-state index in [1.165, 1.54) is 18.2 Å². The van der Waals surface area contributed by atoms with Gasteiger partial charge < -0.3 is 4.74 Å². The third-order valence-electron chi connectivity index (χ3n) is 3.25. The highest BCUT2D eigenvalue weighted by molar-refractivity contribution is 9.10. The molecule has 0 unspecified atom stereocenters. The average Bonchev–Trinajstić information content (AvgIpc) is 2.89. The molecule has 1 aliphatic rings. The third-order valence-corrected chi connectivity index (χ3v) is 3.78. The maximum Gasteiger partial charge on any atom is 0.416 e. The minimum Gasteiger partial charge on any atom is -0.402 e. The highest BCUT2D eigenvalue weighted by Gasteiger charge is 2.30. The largest absolute Gasteiger partial charge is 0.416 e. The summed E-state index contributed by atoms with van der Waals surface area (Å²) in [5.41, 5.74) is 0.337. The first-order valence-electron chi connectivity index (χ1n) is 6.79. The van der Waals surface area contributed by atoms with Crippen molar-refractivity contribution in [3.63, 3.8) is 0 Å². The van der Waals surface area contributed by atoms with Crippen LogP contribution in [-0.2, 0) is 15.7 Å². The fourth-order valence-electron chi connectivity index (χ4n) is 2.05. The van der Waals surface area contributed by atoms with Gasteiger partial charge in [-0.3, -0.25) is 0 Å². The molecule has 0 radical (unpaired) electrons. The van der Waals surface area contributed by atoms with Crippen molar-refractivity contribution in [2.24, 2.45) is 4.99 Å². The predicted molar refractivity (Wildman–Crippen MR) is 86.2 cm³/mol. The molecule has 24 heavy (non-hydrogen) atoms. The van der Waals surface area contributed by atoms with Crippen LogP contribution >= 0.6 is 15.9 Å². The number of ether oxygens (including phenoxy) is 1. The summed E-state index contributed by atoms with van der Waals surface area (Å²) in [7, 11) is 0. The lowest BCUT2D eigenvalue weighted by Gasteiger charge is -2.05. The number of rotatable bonds is 2. The molecule has 0 amide bonds. The quantitative estimate of drug-likeness (QED) is 0.540. The molecule has 0 N–H and O–H groups in total. The smallest absolute Gasteiger partial charge is 0.402 e. The van der Waals surface area contributed by atoms with E-state index in [2.05, 4.69) is 20.9 Å². The van der Waals surface area contributed by atoms with Crippen LogP contribution in [0.3, 0.4) is 0 Å². The number of alkyl halides is 3. The van der Waals surface area contributed by atoms with E-state index in [4.69, 9.17) is 4.74 Å². The van der Waals surface area contributed by atoms with Gasteiger partial charge in [0, 0.05) is 10.0 Å². The molecule has 1 heterocycles. The van der Waals surface area contributed by atoms with Crippen LogP contribution < -0.4 is 0 Å². The van der Waals surface area contributed by atoms with E-state index in [1.807, 2.05) is 0 Å². The van der Waals surface area contributed by atoms with Crippen molar-refractivity contribution in [3.05, 3.63) is 75.4 Å². The van der Waals surface area contributed by atoms with Crippen LogP contribution in [0.2, 0.25) is 0 Å². The summed E-state index contributed by atoms with van der Waals surface area (Å²) in [4.78, 5) is 16.0. The molecule has 7 heteroatoms. The summed E-state index contributed by atoms with van der Waals surface area (Å²) < 4.78 is 43.6. The summed E-state index contributed by atoms with van der Waals surface area (Å²) >= 11 is 3.30. The Morgan fingerprint density at radius 3 is 2.21 bits per heavy atom. The van der Waals surface area contributed by atoms with Crippen molar-refractivity contribution in [2.75, 3.05) is 0 Å². The Kier molecular flexibility index (Phi) is 4.28. The van der Waals surface area contributed by atoms with Gasteiger partial charge in [-0.1, -0.05) is 28.1 Å². The zero-order valence-electron chi connectivity index (χ0n) is 12.0. The van der Waals surface area contributed by atoms with E-state index in [0.717, 1.165) is 16.6 Å². The number of cyclic esters (lactones) is 1. The molecule has 2 aromatic carbocycles. The van der Waals surface area contributed by atoms with E-state index < -0.39 is 17.7 Å². The summed E-state index contributed by atoms with van der Waals surface area (Å²) in [6, 6.07) is 11.5. The van der Waals surface area contributed by atoms with Crippen LogP contribution in [-0.4, -0.2) is 11.9 Å². The molecule has 0 saturated heterocycles. The van der Waals surface area contributed by atoms with Gasteiger partial charge in [0.05, 0.1) is 5.56 Å².